The van der Waals surface area contributed by atoms with E-state index in [9.17, 15) is 5.11 Å². The molecule has 1 heteroatoms. The summed E-state index contributed by atoms with van der Waals surface area (Å²) in [7, 11) is 0. The van der Waals surface area contributed by atoms with Crippen molar-refractivity contribution in [1.29, 1.82) is 0 Å². The standard InChI is InChI=1S/C10H14O.C2H6/c1-7(2)10-6-9(11)5-4-8(10)3;1-2/h4-7,11H,1-3H3;1-2H3. The van der Waals surface area contributed by atoms with Gasteiger partial charge in [-0.25, -0.2) is 0 Å². The fourth-order valence-electron chi connectivity index (χ4n) is 1.25. The Bertz CT molecular complexity index is 251. The minimum absolute atomic E-state index is 0.360. The molecule has 0 saturated carbocycles. The first-order valence-electron chi connectivity index (χ1n) is 4.91. The van der Waals surface area contributed by atoms with E-state index in [4.69, 9.17) is 0 Å². The number of hydrogen-bond donors (Lipinski definition) is 1. The summed E-state index contributed by atoms with van der Waals surface area (Å²) in [6.45, 7) is 10.3. The Morgan fingerprint density at radius 1 is 1.15 bits per heavy atom. The van der Waals surface area contributed by atoms with E-state index >= 15 is 0 Å². The third kappa shape index (κ3) is 3.49. The van der Waals surface area contributed by atoms with Crippen LogP contribution in [0.2, 0.25) is 0 Å². The normalized spacial score (nSPS) is 9.38. The minimum atomic E-state index is 0.360. The van der Waals surface area contributed by atoms with Crippen LogP contribution in [0.1, 0.15) is 44.7 Å². The Labute approximate surface area is 81.4 Å². The maximum Gasteiger partial charge on any atom is 0.115 e. The van der Waals surface area contributed by atoms with Gasteiger partial charge in [0.25, 0.3) is 0 Å². The van der Waals surface area contributed by atoms with Crippen molar-refractivity contribution >= 4 is 0 Å². The van der Waals surface area contributed by atoms with Crippen LogP contribution in [0, 0.1) is 6.92 Å². The van der Waals surface area contributed by atoms with E-state index in [1.807, 2.05) is 26.0 Å². The predicted octanol–water partition coefficient (Wildman–Crippen LogP) is 3.85. The summed E-state index contributed by atoms with van der Waals surface area (Å²) in [5, 5.41) is 9.19. The van der Waals surface area contributed by atoms with Crippen molar-refractivity contribution in [3.05, 3.63) is 29.3 Å². The molecule has 74 valence electrons. The molecule has 0 aliphatic rings. The quantitative estimate of drug-likeness (QED) is 0.696. The molecule has 1 aromatic carbocycles. The van der Waals surface area contributed by atoms with Crippen molar-refractivity contribution in [1.82, 2.24) is 0 Å². The van der Waals surface area contributed by atoms with Crippen LogP contribution in [0.3, 0.4) is 0 Å². The van der Waals surface area contributed by atoms with Crippen molar-refractivity contribution in [2.45, 2.75) is 40.5 Å². The number of hydrogen-bond acceptors (Lipinski definition) is 1. The highest BCUT2D eigenvalue weighted by Gasteiger charge is 2.02. The van der Waals surface area contributed by atoms with Gasteiger partial charge in [0.15, 0.2) is 0 Å². The van der Waals surface area contributed by atoms with Gasteiger partial charge < -0.3 is 5.11 Å². The van der Waals surface area contributed by atoms with Crippen molar-refractivity contribution in [3.63, 3.8) is 0 Å². The Kier molecular flexibility index (Phi) is 5.20. The second-order valence-corrected chi connectivity index (χ2v) is 3.20. The van der Waals surface area contributed by atoms with Crippen LogP contribution in [0.25, 0.3) is 0 Å². The highest BCUT2D eigenvalue weighted by molar-refractivity contribution is 5.35. The van der Waals surface area contributed by atoms with E-state index in [-0.39, 0.29) is 0 Å². The molecule has 1 N–H and O–H groups in total. The summed E-state index contributed by atoms with van der Waals surface area (Å²) in [5.74, 6) is 0.849. The molecule has 0 fully saturated rings. The van der Waals surface area contributed by atoms with Gasteiger partial charge in [-0.2, -0.15) is 0 Å². The van der Waals surface area contributed by atoms with E-state index in [1.54, 1.807) is 6.07 Å². The molecule has 1 nitrogen and oxygen atoms in total. The van der Waals surface area contributed by atoms with Gasteiger partial charge >= 0.3 is 0 Å². The van der Waals surface area contributed by atoms with E-state index < -0.39 is 0 Å². The van der Waals surface area contributed by atoms with Gasteiger partial charge in [0.2, 0.25) is 0 Å². The predicted molar refractivity (Wildman–Crippen MR) is 58.3 cm³/mol. The summed E-state index contributed by atoms with van der Waals surface area (Å²) >= 11 is 0. The van der Waals surface area contributed by atoms with E-state index in [2.05, 4.69) is 20.8 Å². The lowest BCUT2D eigenvalue weighted by Gasteiger charge is -2.08. The lowest BCUT2D eigenvalue weighted by Crippen LogP contribution is -1.90. The first kappa shape index (κ1) is 12.0. The topological polar surface area (TPSA) is 20.2 Å². The lowest BCUT2D eigenvalue weighted by atomic mass is 9.98. The van der Waals surface area contributed by atoms with Gasteiger partial charge in [0.1, 0.15) is 5.75 Å². The summed E-state index contributed by atoms with van der Waals surface area (Å²) in [6.07, 6.45) is 0. The van der Waals surface area contributed by atoms with E-state index in [0.29, 0.717) is 11.7 Å². The second kappa shape index (κ2) is 5.63. The van der Waals surface area contributed by atoms with Crippen molar-refractivity contribution in [3.8, 4) is 5.75 Å². The Hall–Kier alpha value is -0.980. The van der Waals surface area contributed by atoms with Crippen LogP contribution >= 0.6 is 0 Å². The zero-order chi connectivity index (χ0) is 10.4. The molecule has 0 atom stereocenters. The minimum Gasteiger partial charge on any atom is -0.508 e. The van der Waals surface area contributed by atoms with Crippen LogP contribution in [-0.4, -0.2) is 5.11 Å². The largest absolute Gasteiger partial charge is 0.508 e. The van der Waals surface area contributed by atoms with Gasteiger partial charge in [-0.3, -0.25) is 0 Å². The number of rotatable bonds is 1. The molecule has 0 amide bonds. The number of phenolic OH excluding ortho intramolecular Hbond substituents is 1. The monoisotopic (exact) mass is 180 g/mol. The molecule has 1 rings (SSSR count). The molecular formula is C12H20O. The number of aryl methyl sites for hydroxylation is 1. The zero-order valence-electron chi connectivity index (χ0n) is 9.26. The smallest absolute Gasteiger partial charge is 0.115 e. The maximum absolute atomic E-state index is 9.19. The van der Waals surface area contributed by atoms with Crippen LogP contribution in [-0.2, 0) is 0 Å². The molecule has 0 unspecified atom stereocenters. The summed E-state index contributed by atoms with van der Waals surface area (Å²) in [6, 6.07) is 5.51. The Morgan fingerprint density at radius 3 is 2.08 bits per heavy atom. The molecule has 0 aromatic heterocycles. The van der Waals surface area contributed by atoms with Crippen LogP contribution in [0.4, 0.5) is 0 Å². The van der Waals surface area contributed by atoms with Crippen molar-refractivity contribution < 1.29 is 5.11 Å². The Morgan fingerprint density at radius 2 is 1.69 bits per heavy atom. The van der Waals surface area contributed by atoms with E-state index in [0.717, 1.165) is 0 Å². The number of aromatic hydroxyl groups is 1. The average molecular weight is 180 g/mol. The molecule has 0 aliphatic carbocycles. The number of benzene rings is 1. The molecule has 0 spiro atoms. The second-order valence-electron chi connectivity index (χ2n) is 3.20. The summed E-state index contributed by atoms with van der Waals surface area (Å²) in [4.78, 5) is 0. The summed E-state index contributed by atoms with van der Waals surface area (Å²) < 4.78 is 0. The lowest BCUT2D eigenvalue weighted by molar-refractivity contribution is 0.474. The Balaban J connectivity index is 0.000000671. The highest BCUT2D eigenvalue weighted by atomic mass is 16.3. The van der Waals surface area contributed by atoms with Crippen molar-refractivity contribution in [2.75, 3.05) is 0 Å². The molecule has 0 bridgehead atoms. The van der Waals surface area contributed by atoms with Gasteiger partial charge in [0.05, 0.1) is 0 Å². The molecule has 0 saturated heterocycles. The fraction of sp³-hybridized carbons (Fsp3) is 0.500. The molecule has 13 heavy (non-hydrogen) atoms. The zero-order valence-corrected chi connectivity index (χ0v) is 9.26. The highest BCUT2D eigenvalue weighted by Crippen LogP contribution is 2.22. The molecule has 0 aliphatic heterocycles. The average Bonchev–Trinajstić information content (AvgIpc) is 2.12. The van der Waals surface area contributed by atoms with Crippen LogP contribution < -0.4 is 0 Å². The van der Waals surface area contributed by atoms with Gasteiger partial charge in [-0.1, -0.05) is 33.8 Å². The molecule has 0 radical (unpaired) electrons. The summed E-state index contributed by atoms with van der Waals surface area (Å²) in [5.41, 5.74) is 2.47. The van der Waals surface area contributed by atoms with Crippen LogP contribution in [0.15, 0.2) is 18.2 Å². The van der Waals surface area contributed by atoms with Crippen LogP contribution in [0.5, 0.6) is 5.75 Å². The first-order chi connectivity index (χ1) is 6.11. The fourth-order valence-corrected chi connectivity index (χ4v) is 1.25. The van der Waals surface area contributed by atoms with Gasteiger partial charge in [0, 0.05) is 0 Å². The van der Waals surface area contributed by atoms with E-state index in [1.165, 1.54) is 11.1 Å². The SMILES string of the molecule is CC.Cc1ccc(O)cc1C(C)C. The third-order valence-corrected chi connectivity index (χ3v) is 1.88. The maximum atomic E-state index is 9.19. The molecular weight excluding hydrogens is 160 g/mol. The third-order valence-electron chi connectivity index (χ3n) is 1.88. The van der Waals surface area contributed by atoms with Gasteiger partial charge in [-0.05, 0) is 36.1 Å². The molecule has 1 aromatic rings. The molecule has 0 heterocycles. The van der Waals surface area contributed by atoms with Gasteiger partial charge in [-0.15, -0.1) is 0 Å². The van der Waals surface area contributed by atoms with Crippen molar-refractivity contribution in [2.24, 2.45) is 0 Å². The first-order valence-corrected chi connectivity index (χ1v) is 4.91. The number of phenols is 1.